The summed E-state index contributed by atoms with van der Waals surface area (Å²) in [6, 6.07) is 14.5. The summed E-state index contributed by atoms with van der Waals surface area (Å²) in [5.74, 6) is 1.32. The fraction of sp³-hybridized carbons (Fsp3) is 0.261. The lowest BCUT2D eigenvalue weighted by atomic mass is 10.1. The van der Waals surface area contributed by atoms with E-state index in [0.717, 1.165) is 18.4 Å². The molecule has 0 radical (unpaired) electrons. The molecule has 8 nitrogen and oxygen atoms in total. The molecule has 2 aromatic carbocycles. The number of hydrogen-bond acceptors (Lipinski definition) is 5. The van der Waals surface area contributed by atoms with Crippen LogP contribution >= 0.6 is 0 Å². The average Bonchev–Trinajstić information content (AvgIpc) is 3.60. The third-order valence-electron chi connectivity index (χ3n) is 5.24. The van der Waals surface area contributed by atoms with Crippen molar-refractivity contribution in [3.8, 4) is 28.4 Å². The van der Waals surface area contributed by atoms with Crippen molar-refractivity contribution in [2.75, 3.05) is 14.2 Å². The molecular formula is C23H24N4O4. The summed E-state index contributed by atoms with van der Waals surface area (Å²) in [4.78, 5) is 25.4. The van der Waals surface area contributed by atoms with E-state index in [-0.39, 0.29) is 17.4 Å². The van der Waals surface area contributed by atoms with Gasteiger partial charge in [-0.15, -0.1) is 0 Å². The molecule has 1 aliphatic carbocycles. The molecule has 0 spiro atoms. The highest BCUT2D eigenvalue weighted by Crippen LogP contribution is 2.29. The first-order valence-corrected chi connectivity index (χ1v) is 10.00. The average molecular weight is 420 g/mol. The van der Waals surface area contributed by atoms with Crippen LogP contribution in [0.25, 0.3) is 16.9 Å². The summed E-state index contributed by atoms with van der Waals surface area (Å²) in [5.41, 5.74) is 5.18. The number of nitrogens with zero attached hydrogens (tertiary/aromatic N) is 2. The summed E-state index contributed by atoms with van der Waals surface area (Å²) in [5, 5.41) is 7.40. The molecule has 0 atom stereocenters. The number of benzene rings is 2. The van der Waals surface area contributed by atoms with Gasteiger partial charge in [-0.05, 0) is 68.3 Å². The van der Waals surface area contributed by atoms with Crippen molar-refractivity contribution in [1.29, 1.82) is 0 Å². The monoisotopic (exact) mass is 420 g/mol. The normalized spacial score (nSPS) is 13.7. The van der Waals surface area contributed by atoms with Gasteiger partial charge in [0.2, 0.25) is 5.91 Å². The van der Waals surface area contributed by atoms with E-state index < -0.39 is 0 Å². The number of carbonyl (C=O) groups is 1. The zero-order valence-electron chi connectivity index (χ0n) is 17.6. The second-order valence-corrected chi connectivity index (χ2v) is 7.38. The van der Waals surface area contributed by atoms with Crippen LogP contribution in [0.4, 0.5) is 0 Å². The van der Waals surface area contributed by atoms with E-state index >= 15 is 0 Å². The van der Waals surface area contributed by atoms with Gasteiger partial charge in [-0.25, -0.2) is 10.1 Å². The first-order valence-electron chi connectivity index (χ1n) is 10.00. The van der Waals surface area contributed by atoms with Crippen molar-refractivity contribution in [1.82, 2.24) is 15.2 Å². The van der Waals surface area contributed by atoms with Crippen molar-refractivity contribution >= 4 is 11.6 Å². The Hall–Kier alpha value is -3.81. The Balaban J connectivity index is 1.79. The standard InChI is InChI=1S/C23H24N4O4/c1-14(24-25-22(28)16-4-5-16)20-21(15-6-10-18(30-2)11-7-15)26-27(23(20)29)17-8-12-19(31-3)13-9-17/h6-13,16,26H,4-5H2,1-3H3,(H,25,28)/b24-14-. The highest BCUT2D eigenvalue weighted by atomic mass is 16.5. The molecule has 0 unspecified atom stereocenters. The predicted molar refractivity (Wildman–Crippen MR) is 118 cm³/mol. The lowest BCUT2D eigenvalue weighted by Gasteiger charge is -2.05. The van der Waals surface area contributed by atoms with Gasteiger partial charge in [0.1, 0.15) is 11.5 Å². The van der Waals surface area contributed by atoms with Crippen LogP contribution in [-0.4, -0.2) is 35.6 Å². The van der Waals surface area contributed by atoms with Gasteiger partial charge in [-0.1, -0.05) is 0 Å². The highest BCUT2D eigenvalue weighted by Gasteiger charge is 2.29. The molecular weight excluding hydrogens is 396 g/mol. The van der Waals surface area contributed by atoms with Crippen LogP contribution in [0.15, 0.2) is 58.4 Å². The topological polar surface area (TPSA) is 97.7 Å². The molecule has 1 amide bonds. The van der Waals surface area contributed by atoms with E-state index in [1.807, 2.05) is 24.3 Å². The number of amides is 1. The van der Waals surface area contributed by atoms with Gasteiger partial charge < -0.3 is 9.47 Å². The van der Waals surface area contributed by atoms with Crippen LogP contribution in [0, 0.1) is 5.92 Å². The smallest absolute Gasteiger partial charge is 0.281 e. The Bertz CT molecular complexity index is 1170. The maximum Gasteiger partial charge on any atom is 0.281 e. The van der Waals surface area contributed by atoms with Gasteiger partial charge in [0.15, 0.2) is 0 Å². The quantitative estimate of drug-likeness (QED) is 0.453. The Kier molecular flexibility index (Phi) is 5.62. The van der Waals surface area contributed by atoms with Crippen molar-refractivity contribution < 1.29 is 14.3 Å². The van der Waals surface area contributed by atoms with Crippen molar-refractivity contribution in [2.45, 2.75) is 19.8 Å². The minimum absolute atomic E-state index is 0.0276. The summed E-state index contributed by atoms with van der Waals surface area (Å²) in [7, 11) is 3.19. The molecule has 4 rings (SSSR count). The van der Waals surface area contributed by atoms with Gasteiger partial charge in [0.25, 0.3) is 5.56 Å². The molecule has 0 aliphatic heterocycles. The van der Waals surface area contributed by atoms with Crippen LogP contribution in [-0.2, 0) is 4.79 Å². The Morgan fingerprint density at radius 2 is 1.61 bits per heavy atom. The van der Waals surface area contributed by atoms with Gasteiger partial charge in [-0.2, -0.15) is 5.10 Å². The number of aromatic amines is 1. The maximum absolute atomic E-state index is 13.4. The molecule has 0 bridgehead atoms. The fourth-order valence-corrected chi connectivity index (χ4v) is 3.28. The maximum atomic E-state index is 13.4. The molecule has 1 aromatic heterocycles. The van der Waals surface area contributed by atoms with Crippen molar-refractivity contribution in [3.63, 3.8) is 0 Å². The molecule has 1 fully saturated rings. The number of H-pyrrole nitrogens is 1. The van der Waals surface area contributed by atoms with Crippen LogP contribution in [0.3, 0.4) is 0 Å². The molecule has 1 saturated carbocycles. The van der Waals surface area contributed by atoms with Crippen LogP contribution in [0.2, 0.25) is 0 Å². The Labute approximate surface area is 179 Å². The van der Waals surface area contributed by atoms with Gasteiger partial charge in [-0.3, -0.25) is 14.7 Å². The number of methoxy groups -OCH3 is 2. The van der Waals surface area contributed by atoms with Crippen molar-refractivity contribution in [3.05, 3.63) is 64.4 Å². The minimum atomic E-state index is -0.266. The van der Waals surface area contributed by atoms with Gasteiger partial charge in [0.05, 0.1) is 36.9 Å². The van der Waals surface area contributed by atoms with Crippen LogP contribution in [0.5, 0.6) is 11.5 Å². The number of hydrogen-bond donors (Lipinski definition) is 2. The lowest BCUT2D eigenvalue weighted by molar-refractivity contribution is -0.122. The number of ether oxygens (including phenoxy) is 2. The summed E-state index contributed by atoms with van der Waals surface area (Å²) < 4.78 is 11.9. The first kappa shape index (κ1) is 20.5. The molecule has 1 heterocycles. The molecule has 0 saturated heterocycles. The SMILES string of the molecule is COc1ccc(-c2[nH]n(-c3ccc(OC)cc3)c(=O)c2/C(C)=N\NC(=O)C2CC2)cc1. The largest absolute Gasteiger partial charge is 0.497 e. The van der Waals surface area contributed by atoms with Crippen LogP contribution in [0.1, 0.15) is 25.3 Å². The van der Waals surface area contributed by atoms with E-state index in [1.165, 1.54) is 4.68 Å². The van der Waals surface area contributed by atoms with E-state index in [0.29, 0.717) is 34.2 Å². The zero-order chi connectivity index (χ0) is 22.0. The second-order valence-electron chi connectivity index (χ2n) is 7.38. The first-order chi connectivity index (χ1) is 15.0. The summed E-state index contributed by atoms with van der Waals surface area (Å²) in [6.07, 6.45) is 1.76. The van der Waals surface area contributed by atoms with Crippen molar-refractivity contribution in [2.24, 2.45) is 11.0 Å². The zero-order valence-corrected chi connectivity index (χ0v) is 17.6. The highest BCUT2D eigenvalue weighted by molar-refractivity contribution is 6.04. The molecule has 1 aliphatic rings. The molecule has 31 heavy (non-hydrogen) atoms. The molecule has 2 N–H and O–H groups in total. The minimum Gasteiger partial charge on any atom is -0.497 e. The molecule has 8 heteroatoms. The summed E-state index contributed by atoms with van der Waals surface area (Å²) in [6.45, 7) is 1.71. The Morgan fingerprint density at radius 3 is 2.16 bits per heavy atom. The van der Waals surface area contributed by atoms with E-state index in [9.17, 15) is 9.59 Å². The Morgan fingerprint density at radius 1 is 1.03 bits per heavy atom. The molecule has 3 aromatic rings. The molecule has 160 valence electrons. The third-order valence-corrected chi connectivity index (χ3v) is 5.24. The van der Waals surface area contributed by atoms with E-state index in [4.69, 9.17) is 9.47 Å². The lowest BCUT2D eigenvalue weighted by Crippen LogP contribution is -2.24. The third kappa shape index (κ3) is 4.23. The number of hydrazone groups is 1. The second kappa shape index (κ2) is 8.51. The number of aromatic nitrogens is 2. The predicted octanol–water partition coefficient (Wildman–Crippen LogP) is 3.10. The van der Waals surface area contributed by atoms with Gasteiger partial charge >= 0.3 is 0 Å². The number of carbonyl (C=O) groups excluding carboxylic acids is 1. The van der Waals surface area contributed by atoms with Gasteiger partial charge in [0, 0.05) is 11.5 Å². The number of nitrogens with one attached hydrogen (secondary N) is 2. The fourth-order valence-electron chi connectivity index (χ4n) is 3.28. The van der Waals surface area contributed by atoms with Crippen LogP contribution < -0.4 is 20.5 Å². The summed E-state index contributed by atoms with van der Waals surface area (Å²) >= 11 is 0. The van der Waals surface area contributed by atoms with E-state index in [2.05, 4.69) is 15.6 Å². The van der Waals surface area contributed by atoms with E-state index in [1.54, 1.807) is 45.4 Å². The number of rotatable bonds is 7.